The molecule has 0 heterocycles. The number of amides is 1. The Hall–Kier alpha value is -3.40. The molecule has 1 unspecified atom stereocenters. The molecule has 0 fully saturated rings. The van der Waals surface area contributed by atoms with Gasteiger partial charge in [-0.05, 0) is 37.6 Å². The number of rotatable bonds is 8. The normalized spacial score (nSPS) is 11.3. The van der Waals surface area contributed by atoms with Crippen molar-refractivity contribution in [3.63, 3.8) is 0 Å². The first-order valence-corrected chi connectivity index (χ1v) is 8.74. The van der Waals surface area contributed by atoms with Gasteiger partial charge in [0, 0.05) is 25.6 Å². The molecule has 0 aliphatic heterocycles. The number of nitrogens with one attached hydrogen (secondary N) is 1. The highest BCUT2D eigenvalue weighted by atomic mass is 16.6. The summed E-state index contributed by atoms with van der Waals surface area (Å²) in [6, 6.07) is 15.5. The Morgan fingerprint density at radius 2 is 1.93 bits per heavy atom. The second-order valence-electron chi connectivity index (χ2n) is 6.04. The number of anilines is 1. The number of nitro groups is 1. The van der Waals surface area contributed by atoms with Gasteiger partial charge in [-0.1, -0.05) is 24.3 Å². The Labute approximate surface area is 158 Å². The average Bonchev–Trinajstić information content (AvgIpc) is 2.68. The van der Waals surface area contributed by atoms with E-state index in [1.54, 1.807) is 35.2 Å². The van der Waals surface area contributed by atoms with Crippen molar-refractivity contribution in [2.75, 3.05) is 18.4 Å². The van der Waals surface area contributed by atoms with E-state index in [4.69, 9.17) is 5.26 Å². The first kappa shape index (κ1) is 19.9. The molecule has 140 valence electrons. The highest BCUT2D eigenvalue weighted by molar-refractivity contribution is 5.77. The summed E-state index contributed by atoms with van der Waals surface area (Å²) in [6.07, 6.45) is 0.223. The lowest BCUT2D eigenvalue weighted by Gasteiger charge is -2.28. The summed E-state index contributed by atoms with van der Waals surface area (Å²) in [5, 5.41) is 22.9. The van der Waals surface area contributed by atoms with E-state index >= 15 is 0 Å². The van der Waals surface area contributed by atoms with Gasteiger partial charge in [-0.15, -0.1) is 0 Å². The molecule has 0 aliphatic carbocycles. The number of hydrogen-bond donors (Lipinski definition) is 1. The third-order valence-corrected chi connectivity index (χ3v) is 4.41. The van der Waals surface area contributed by atoms with Crippen LogP contribution in [0.5, 0.6) is 0 Å². The largest absolute Gasteiger partial charge is 0.379 e. The number of carbonyl (C=O) groups is 1. The van der Waals surface area contributed by atoms with Gasteiger partial charge in [0.25, 0.3) is 5.69 Å². The molecule has 0 spiro atoms. The van der Waals surface area contributed by atoms with Crippen LogP contribution in [-0.2, 0) is 4.79 Å². The lowest BCUT2D eigenvalue weighted by atomic mass is 10.0. The van der Waals surface area contributed by atoms with Gasteiger partial charge >= 0.3 is 0 Å². The summed E-state index contributed by atoms with van der Waals surface area (Å²) in [5.74, 6) is -0.0413. The minimum Gasteiger partial charge on any atom is -0.379 e. The number of para-hydroxylation sites is 2. The lowest BCUT2D eigenvalue weighted by molar-refractivity contribution is -0.384. The fourth-order valence-corrected chi connectivity index (χ4v) is 2.91. The second kappa shape index (κ2) is 9.34. The van der Waals surface area contributed by atoms with Gasteiger partial charge in [0.2, 0.25) is 5.91 Å². The number of hydrogen-bond acceptors (Lipinski definition) is 5. The monoisotopic (exact) mass is 366 g/mol. The molecule has 1 N–H and O–H groups in total. The van der Waals surface area contributed by atoms with E-state index in [2.05, 4.69) is 11.4 Å². The van der Waals surface area contributed by atoms with Crippen LogP contribution in [0, 0.1) is 21.4 Å². The summed E-state index contributed by atoms with van der Waals surface area (Å²) in [5.41, 5.74) is 1.92. The topological polar surface area (TPSA) is 99.3 Å². The molecule has 0 aliphatic rings. The van der Waals surface area contributed by atoms with Crippen molar-refractivity contribution in [3.05, 3.63) is 69.8 Å². The standard InChI is InChI=1S/C20H22N4O3/c1-3-23(15(2)17-10-8-16(14-21)9-11-17)20(25)12-13-22-18-6-4-5-7-19(18)24(26)27/h4-11,15,22H,3,12-13H2,1-2H3. The minimum atomic E-state index is -0.449. The van der Waals surface area contributed by atoms with Crippen molar-refractivity contribution in [2.24, 2.45) is 0 Å². The molecule has 0 saturated heterocycles. The van der Waals surface area contributed by atoms with Gasteiger partial charge in [-0.25, -0.2) is 0 Å². The van der Waals surface area contributed by atoms with Gasteiger partial charge in [-0.2, -0.15) is 5.26 Å². The molecule has 2 rings (SSSR count). The van der Waals surface area contributed by atoms with Crippen LogP contribution < -0.4 is 5.32 Å². The summed E-state index contributed by atoms with van der Waals surface area (Å²) in [7, 11) is 0. The van der Waals surface area contributed by atoms with Crippen molar-refractivity contribution in [3.8, 4) is 6.07 Å². The lowest BCUT2D eigenvalue weighted by Crippen LogP contribution is -2.34. The quantitative estimate of drug-likeness (QED) is 0.564. The number of carbonyl (C=O) groups excluding carboxylic acids is 1. The van der Waals surface area contributed by atoms with Crippen LogP contribution in [0.2, 0.25) is 0 Å². The second-order valence-corrected chi connectivity index (χ2v) is 6.04. The van der Waals surface area contributed by atoms with Gasteiger partial charge in [-0.3, -0.25) is 14.9 Å². The van der Waals surface area contributed by atoms with Crippen LogP contribution in [0.4, 0.5) is 11.4 Å². The zero-order valence-electron chi connectivity index (χ0n) is 15.4. The van der Waals surface area contributed by atoms with E-state index < -0.39 is 4.92 Å². The molecule has 7 nitrogen and oxygen atoms in total. The van der Waals surface area contributed by atoms with E-state index in [1.165, 1.54) is 6.07 Å². The molecule has 27 heavy (non-hydrogen) atoms. The molecule has 0 radical (unpaired) electrons. The van der Waals surface area contributed by atoms with Crippen molar-refractivity contribution < 1.29 is 9.72 Å². The zero-order chi connectivity index (χ0) is 19.8. The Morgan fingerprint density at radius 3 is 2.52 bits per heavy atom. The van der Waals surface area contributed by atoms with Gasteiger partial charge in [0.15, 0.2) is 0 Å². The maximum Gasteiger partial charge on any atom is 0.292 e. The fraction of sp³-hybridized carbons (Fsp3) is 0.300. The third kappa shape index (κ3) is 5.05. The Kier molecular flexibility index (Phi) is 6.89. The minimum absolute atomic E-state index is 0.0109. The van der Waals surface area contributed by atoms with Crippen molar-refractivity contribution in [2.45, 2.75) is 26.3 Å². The summed E-state index contributed by atoms with van der Waals surface area (Å²) in [4.78, 5) is 25.0. The van der Waals surface area contributed by atoms with Crippen molar-refractivity contribution >= 4 is 17.3 Å². The van der Waals surface area contributed by atoms with Crippen LogP contribution in [0.3, 0.4) is 0 Å². The van der Waals surface area contributed by atoms with Crippen LogP contribution in [0.15, 0.2) is 48.5 Å². The van der Waals surface area contributed by atoms with E-state index in [-0.39, 0.29) is 24.1 Å². The van der Waals surface area contributed by atoms with Crippen molar-refractivity contribution in [1.29, 1.82) is 5.26 Å². The molecular weight excluding hydrogens is 344 g/mol. The molecule has 1 atom stereocenters. The molecule has 2 aromatic rings. The maximum atomic E-state index is 12.6. The molecule has 1 amide bonds. The highest BCUT2D eigenvalue weighted by Crippen LogP contribution is 2.24. The molecular formula is C20H22N4O3. The molecule has 2 aromatic carbocycles. The predicted molar refractivity (Wildman–Crippen MR) is 103 cm³/mol. The summed E-state index contributed by atoms with van der Waals surface area (Å²) < 4.78 is 0. The number of nitro benzene ring substituents is 1. The molecule has 0 aromatic heterocycles. The third-order valence-electron chi connectivity index (χ3n) is 4.41. The van der Waals surface area contributed by atoms with Crippen molar-refractivity contribution in [1.82, 2.24) is 4.90 Å². The first-order valence-electron chi connectivity index (χ1n) is 8.74. The van der Waals surface area contributed by atoms with Crippen LogP contribution in [0.1, 0.15) is 37.4 Å². The van der Waals surface area contributed by atoms with E-state index in [0.717, 1.165) is 5.56 Å². The zero-order valence-corrected chi connectivity index (χ0v) is 15.4. The maximum absolute atomic E-state index is 12.6. The van der Waals surface area contributed by atoms with Gasteiger partial charge in [0.1, 0.15) is 5.69 Å². The van der Waals surface area contributed by atoms with Crippen LogP contribution in [0.25, 0.3) is 0 Å². The molecule has 0 saturated carbocycles. The molecule has 7 heteroatoms. The average molecular weight is 366 g/mol. The van der Waals surface area contributed by atoms with Crippen LogP contribution in [-0.4, -0.2) is 28.8 Å². The Bertz CT molecular complexity index is 843. The smallest absolute Gasteiger partial charge is 0.292 e. The van der Waals surface area contributed by atoms with E-state index in [0.29, 0.717) is 24.3 Å². The SMILES string of the molecule is CCN(C(=O)CCNc1ccccc1[N+](=O)[O-])C(C)c1ccc(C#N)cc1. The first-order chi connectivity index (χ1) is 13.0. The van der Waals surface area contributed by atoms with E-state index in [9.17, 15) is 14.9 Å². The summed E-state index contributed by atoms with van der Waals surface area (Å²) >= 11 is 0. The number of nitriles is 1. The fourth-order valence-electron chi connectivity index (χ4n) is 2.91. The summed E-state index contributed by atoms with van der Waals surface area (Å²) in [6.45, 7) is 4.71. The molecule has 0 bridgehead atoms. The van der Waals surface area contributed by atoms with E-state index in [1.807, 2.05) is 26.0 Å². The number of nitrogens with zero attached hydrogens (tertiary/aromatic N) is 3. The Balaban J connectivity index is 1.98. The predicted octanol–water partition coefficient (Wildman–Crippen LogP) is 3.88. The Morgan fingerprint density at radius 1 is 1.26 bits per heavy atom. The highest BCUT2D eigenvalue weighted by Gasteiger charge is 2.20. The van der Waals surface area contributed by atoms with Gasteiger partial charge in [0.05, 0.1) is 22.6 Å². The van der Waals surface area contributed by atoms with Gasteiger partial charge < -0.3 is 10.2 Å². The number of benzene rings is 2. The van der Waals surface area contributed by atoms with Crippen LogP contribution >= 0.6 is 0 Å².